The molecule has 0 saturated carbocycles. The van der Waals surface area contributed by atoms with Gasteiger partial charge in [0.15, 0.2) is 0 Å². The fourth-order valence-corrected chi connectivity index (χ4v) is 5.10. The lowest BCUT2D eigenvalue weighted by atomic mass is 9.99. The largest absolute Gasteiger partial charge is 0.496 e. The molecule has 5 nitrogen and oxygen atoms in total. The highest BCUT2D eigenvalue weighted by molar-refractivity contribution is 7.89. The molecule has 1 saturated heterocycles. The molecule has 0 spiro atoms. The molecule has 0 aliphatic carbocycles. The first-order valence-corrected chi connectivity index (χ1v) is 11.3. The Labute approximate surface area is 168 Å². The summed E-state index contributed by atoms with van der Waals surface area (Å²) < 4.78 is 33.5. The summed E-state index contributed by atoms with van der Waals surface area (Å²) in [5, 5.41) is 0. The van der Waals surface area contributed by atoms with Crippen molar-refractivity contribution in [1.29, 1.82) is 0 Å². The van der Waals surface area contributed by atoms with Gasteiger partial charge in [-0.05, 0) is 73.6 Å². The van der Waals surface area contributed by atoms with Gasteiger partial charge < -0.3 is 9.64 Å². The summed E-state index contributed by atoms with van der Waals surface area (Å²) in [7, 11) is -2.00. The van der Waals surface area contributed by atoms with E-state index in [-0.39, 0.29) is 6.54 Å². The van der Waals surface area contributed by atoms with Crippen molar-refractivity contribution in [2.24, 2.45) is 5.92 Å². The number of hydrogen-bond acceptors (Lipinski definition) is 4. The van der Waals surface area contributed by atoms with E-state index in [1.165, 1.54) is 18.5 Å². The van der Waals surface area contributed by atoms with Gasteiger partial charge in [0.1, 0.15) is 5.75 Å². The Kier molecular flexibility index (Phi) is 6.30. The Hall–Kier alpha value is -2.05. The Balaban J connectivity index is 1.69. The van der Waals surface area contributed by atoms with E-state index in [1.54, 1.807) is 26.2 Å². The van der Waals surface area contributed by atoms with Crippen LogP contribution in [0.5, 0.6) is 5.75 Å². The number of sulfonamides is 1. The highest BCUT2D eigenvalue weighted by Gasteiger charge is 2.19. The lowest BCUT2D eigenvalue weighted by Gasteiger charge is -2.32. The quantitative estimate of drug-likeness (QED) is 0.793. The summed E-state index contributed by atoms with van der Waals surface area (Å²) in [5.41, 5.74) is 3.62. The van der Waals surface area contributed by atoms with E-state index in [1.807, 2.05) is 19.1 Å². The first kappa shape index (κ1) is 20.7. The molecule has 2 aromatic carbocycles. The molecule has 1 fully saturated rings. The Morgan fingerprint density at radius 1 is 1.14 bits per heavy atom. The Morgan fingerprint density at radius 3 is 2.50 bits per heavy atom. The molecule has 0 bridgehead atoms. The van der Waals surface area contributed by atoms with E-state index >= 15 is 0 Å². The predicted octanol–water partition coefficient (Wildman–Crippen LogP) is 4.03. The van der Waals surface area contributed by atoms with Crippen molar-refractivity contribution in [3.05, 3.63) is 53.1 Å². The zero-order chi connectivity index (χ0) is 20.3. The fraction of sp³-hybridized carbons (Fsp3) is 0.455. The first-order chi connectivity index (χ1) is 13.3. The first-order valence-electron chi connectivity index (χ1n) is 9.79. The van der Waals surface area contributed by atoms with Crippen LogP contribution in [0.2, 0.25) is 0 Å². The number of piperidine rings is 1. The topological polar surface area (TPSA) is 58.6 Å². The molecular formula is C22H30N2O3S. The number of ether oxygens (including phenoxy) is 1. The van der Waals surface area contributed by atoms with Crippen LogP contribution in [0.1, 0.15) is 36.5 Å². The molecule has 1 heterocycles. The molecule has 28 heavy (non-hydrogen) atoms. The lowest BCUT2D eigenvalue weighted by molar-refractivity contribution is 0.411. The molecule has 1 aliphatic heterocycles. The van der Waals surface area contributed by atoms with E-state index in [4.69, 9.17) is 4.74 Å². The van der Waals surface area contributed by atoms with Crippen LogP contribution in [0.4, 0.5) is 5.69 Å². The van der Waals surface area contributed by atoms with Gasteiger partial charge in [-0.1, -0.05) is 19.1 Å². The zero-order valence-corrected chi connectivity index (χ0v) is 18.0. The molecule has 1 atom stereocenters. The van der Waals surface area contributed by atoms with Crippen LogP contribution in [-0.4, -0.2) is 28.6 Å². The maximum atomic E-state index is 12.8. The number of anilines is 1. The minimum Gasteiger partial charge on any atom is -0.496 e. The highest BCUT2D eigenvalue weighted by Crippen LogP contribution is 2.26. The van der Waals surface area contributed by atoms with Crippen molar-refractivity contribution in [3.8, 4) is 5.75 Å². The van der Waals surface area contributed by atoms with E-state index in [9.17, 15) is 8.42 Å². The van der Waals surface area contributed by atoms with Gasteiger partial charge in [0.25, 0.3) is 0 Å². The lowest BCUT2D eigenvalue weighted by Crippen LogP contribution is -2.34. The molecule has 152 valence electrons. The molecule has 0 aromatic heterocycles. The van der Waals surface area contributed by atoms with Crippen molar-refractivity contribution >= 4 is 15.7 Å². The second-order valence-corrected chi connectivity index (χ2v) is 9.51. The molecule has 2 aromatic rings. The minimum absolute atomic E-state index is 0.267. The van der Waals surface area contributed by atoms with Crippen LogP contribution in [0.25, 0.3) is 0 Å². The van der Waals surface area contributed by atoms with Gasteiger partial charge in [0, 0.05) is 25.3 Å². The van der Waals surface area contributed by atoms with Crippen molar-refractivity contribution in [1.82, 2.24) is 4.72 Å². The third kappa shape index (κ3) is 4.67. The number of benzene rings is 2. The van der Waals surface area contributed by atoms with E-state index in [0.29, 0.717) is 16.2 Å². The van der Waals surface area contributed by atoms with Crippen molar-refractivity contribution in [2.45, 2.75) is 45.1 Å². The maximum absolute atomic E-state index is 12.8. The average molecular weight is 403 g/mol. The molecule has 0 amide bonds. The second-order valence-electron chi connectivity index (χ2n) is 7.77. The number of nitrogens with zero attached hydrogens (tertiary/aromatic N) is 1. The van der Waals surface area contributed by atoms with Crippen LogP contribution < -0.4 is 14.4 Å². The summed E-state index contributed by atoms with van der Waals surface area (Å²) >= 11 is 0. The number of hydrogen-bond donors (Lipinski definition) is 1. The standard InChI is InChI=1S/C22H30N2O3S/c1-16-6-5-11-24(15-16)20-9-7-19(8-10-20)14-23-28(25,26)22-13-17(2)21(27-4)12-18(22)3/h7-10,12-13,16,23H,5-6,11,14-15H2,1-4H3. The molecule has 3 rings (SSSR count). The average Bonchev–Trinajstić information content (AvgIpc) is 2.68. The molecule has 1 N–H and O–H groups in total. The predicted molar refractivity (Wildman–Crippen MR) is 114 cm³/mol. The molecule has 0 radical (unpaired) electrons. The van der Waals surface area contributed by atoms with Gasteiger partial charge in [-0.2, -0.15) is 0 Å². The smallest absolute Gasteiger partial charge is 0.241 e. The number of aryl methyl sites for hydroxylation is 2. The van der Waals surface area contributed by atoms with Crippen LogP contribution in [0, 0.1) is 19.8 Å². The van der Waals surface area contributed by atoms with Crippen LogP contribution >= 0.6 is 0 Å². The van der Waals surface area contributed by atoms with E-state index in [2.05, 4.69) is 28.7 Å². The minimum atomic E-state index is -3.59. The van der Waals surface area contributed by atoms with Gasteiger partial charge in [0.2, 0.25) is 10.0 Å². The van der Waals surface area contributed by atoms with Crippen molar-refractivity contribution in [2.75, 3.05) is 25.1 Å². The number of nitrogens with one attached hydrogen (secondary N) is 1. The SMILES string of the molecule is COc1cc(C)c(S(=O)(=O)NCc2ccc(N3CCCC(C)C3)cc2)cc1C. The fourth-order valence-electron chi connectivity index (χ4n) is 3.78. The van der Waals surface area contributed by atoms with Gasteiger partial charge in [-0.25, -0.2) is 13.1 Å². The maximum Gasteiger partial charge on any atom is 0.241 e. The van der Waals surface area contributed by atoms with Crippen molar-refractivity contribution in [3.63, 3.8) is 0 Å². The summed E-state index contributed by atoms with van der Waals surface area (Å²) in [6.07, 6.45) is 2.52. The second kappa shape index (κ2) is 8.53. The molecule has 1 unspecified atom stereocenters. The third-order valence-electron chi connectivity index (χ3n) is 5.41. The van der Waals surface area contributed by atoms with Crippen LogP contribution in [0.15, 0.2) is 41.3 Å². The van der Waals surface area contributed by atoms with Gasteiger partial charge >= 0.3 is 0 Å². The Morgan fingerprint density at radius 2 is 1.86 bits per heavy atom. The summed E-state index contributed by atoms with van der Waals surface area (Å²) in [6.45, 7) is 8.36. The summed E-state index contributed by atoms with van der Waals surface area (Å²) in [4.78, 5) is 2.70. The number of rotatable bonds is 6. The number of methoxy groups -OCH3 is 1. The monoisotopic (exact) mass is 402 g/mol. The normalized spacial score (nSPS) is 17.6. The van der Waals surface area contributed by atoms with Gasteiger partial charge in [-0.3, -0.25) is 0 Å². The molecule has 6 heteroatoms. The van der Waals surface area contributed by atoms with E-state index < -0.39 is 10.0 Å². The third-order valence-corrected chi connectivity index (χ3v) is 6.95. The Bertz CT molecular complexity index is 924. The zero-order valence-electron chi connectivity index (χ0n) is 17.2. The highest BCUT2D eigenvalue weighted by atomic mass is 32.2. The molecule has 1 aliphatic rings. The summed E-state index contributed by atoms with van der Waals surface area (Å²) in [5.74, 6) is 1.41. The van der Waals surface area contributed by atoms with Crippen LogP contribution in [0.3, 0.4) is 0 Å². The van der Waals surface area contributed by atoms with Crippen LogP contribution in [-0.2, 0) is 16.6 Å². The van der Waals surface area contributed by atoms with Crippen molar-refractivity contribution < 1.29 is 13.2 Å². The molecular weight excluding hydrogens is 372 g/mol. The van der Waals surface area contributed by atoms with Gasteiger partial charge in [0.05, 0.1) is 12.0 Å². The summed E-state index contributed by atoms with van der Waals surface area (Å²) in [6, 6.07) is 11.6. The van der Waals surface area contributed by atoms with Gasteiger partial charge in [-0.15, -0.1) is 0 Å². The van der Waals surface area contributed by atoms with E-state index in [0.717, 1.165) is 30.1 Å².